The Balaban J connectivity index is 2.91. The predicted octanol–water partition coefficient (Wildman–Crippen LogP) is 3.82. The number of nitrogens with zero attached hydrogens (tertiary/aromatic N) is 1. The van der Waals surface area contributed by atoms with E-state index in [4.69, 9.17) is 4.74 Å². The van der Waals surface area contributed by atoms with Crippen LogP contribution in [-0.4, -0.2) is 12.3 Å². The molecule has 1 aromatic carbocycles. The minimum absolute atomic E-state index is 0.688. The van der Waals surface area contributed by atoms with Crippen molar-refractivity contribution in [1.82, 2.24) is 0 Å². The predicted molar refractivity (Wildman–Crippen MR) is 69.3 cm³/mol. The maximum absolute atomic E-state index is 5.45. The number of rotatable bonds is 4. The van der Waals surface area contributed by atoms with Crippen molar-refractivity contribution in [2.24, 2.45) is 4.99 Å². The van der Waals surface area contributed by atoms with Gasteiger partial charge in [0.25, 0.3) is 0 Å². The molecule has 0 amide bonds. The normalized spacial score (nSPS) is 11.1. The van der Waals surface area contributed by atoms with E-state index in [1.165, 1.54) is 5.57 Å². The van der Waals surface area contributed by atoms with Crippen LogP contribution >= 0.6 is 0 Å². The molecule has 86 valence electrons. The molecule has 0 atom stereocenters. The lowest BCUT2D eigenvalue weighted by molar-refractivity contribution is 0.340. The monoisotopic (exact) mass is 217 g/mol. The van der Waals surface area contributed by atoms with Gasteiger partial charge in [-0.2, -0.15) is 0 Å². The van der Waals surface area contributed by atoms with Gasteiger partial charge in [0.1, 0.15) is 5.75 Å². The molecule has 0 aromatic heterocycles. The van der Waals surface area contributed by atoms with Gasteiger partial charge >= 0.3 is 0 Å². The van der Waals surface area contributed by atoms with E-state index in [0.29, 0.717) is 6.61 Å². The highest BCUT2D eigenvalue weighted by molar-refractivity contribution is 5.99. The van der Waals surface area contributed by atoms with Gasteiger partial charge in [0.2, 0.25) is 0 Å². The third kappa shape index (κ3) is 3.89. The van der Waals surface area contributed by atoms with Crippen LogP contribution in [0.15, 0.2) is 41.0 Å². The van der Waals surface area contributed by atoms with Crippen molar-refractivity contribution >= 4 is 5.71 Å². The van der Waals surface area contributed by atoms with E-state index in [1.54, 1.807) is 0 Å². The maximum atomic E-state index is 5.45. The Morgan fingerprint density at radius 3 is 2.69 bits per heavy atom. The average molecular weight is 217 g/mol. The lowest BCUT2D eigenvalue weighted by atomic mass is 10.1. The zero-order valence-corrected chi connectivity index (χ0v) is 10.4. The van der Waals surface area contributed by atoms with Gasteiger partial charge in [-0.25, -0.2) is 0 Å². The van der Waals surface area contributed by atoms with Gasteiger partial charge in [0, 0.05) is 11.9 Å². The fraction of sp³-hybridized carbons (Fsp3) is 0.357. The van der Waals surface area contributed by atoms with E-state index >= 15 is 0 Å². The maximum Gasteiger partial charge on any atom is 0.119 e. The van der Waals surface area contributed by atoms with Crippen LogP contribution in [0.5, 0.6) is 5.75 Å². The standard InChI is InChI=1S/C14H19NO/c1-5-16-14-8-6-7-13(9-14)12(4)15-10-11(2)3/h6-10H,5H2,1-4H3. The zero-order valence-electron chi connectivity index (χ0n) is 10.4. The molecule has 0 fully saturated rings. The molecule has 0 saturated carbocycles. The summed E-state index contributed by atoms with van der Waals surface area (Å²) in [4.78, 5) is 4.39. The second-order valence-electron chi connectivity index (χ2n) is 3.88. The van der Waals surface area contributed by atoms with Crippen molar-refractivity contribution in [1.29, 1.82) is 0 Å². The van der Waals surface area contributed by atoms with Crippen LogP contribution < -0.4 is 4.74 Å². The van der Waals surface area contributed by atoms with E-state index in [2.05, 4.69) is 4.99 Å². The summed E-state index contributed by atoms with van der Waals surface area (Å²) in [6, 6.07) is 8.00. The van der Waals surface area contributed by atoms with Gasteiger partial charge < -0.3 is 4.74 Å². The fourth-order valence-electron chi connectivity index (χ4n) is 1.28. The SMILES string of the molecule is CCOc1cccc(C(C)=NC=C(C)C)c1. The van der Waals surface area contributed by atoms with E-state index in [1.807, 2.05) is 58.2 Å². The summed E-state index contributed by atoms with van der Waals surface area (Å²) in [7, 11) is 0. The molecule has 0 saturated heterocycles. The average Bonchev–Trinajstić information content (AvgIpc) is 2.26. The van der Waals surface area contributed by atoms with Crippen molar-refractivity contribution in [3.63, 3.8) is 0 Å². The van der Waals surface area contributed by atoms with Crippen molar-refractivity contribution in [3.8, 4) is 5.75 Å². The first-order chi connectivity index (χ1) is 7.63. The minimum Gasteiger partial charge on any atom is -0.494 e. The van der Waals surface area contributed by atoms with E-state index < -0.39 is 0 Å². The number of benzene rings is 1. The van der Waals surface area contributed by atoms with Crippen LogP contribution in [0.1, 0.15) is 33.3 Å². The smallest absolute Gasteiger partial charge is 0.119 e. The highest BCUT2D eigenvalue weighted by atomic mass is 16.5. The van der Waals surface area contributed by atoms with E-state index in [9.17, 15) is 0 Å². The Bertz CT molecular complexity index is 401. The third-order valence-electron chi connectivity index (χ3n) is 2.08. The summed E-state index contributed by atoms with van der Waals surface area (Å²) in [6.45, 7) is 8.75. The fourth-order valence-corrected chi connectivity index (χ4v) is 1.28. The lowest BCUT2D eigenvalue weighted by Crippen LogP contribution is -1.96. The minimum atomic E-state index is 0.688. The third-order valence-corrected chi connectivity index (χ3v) is 2.08. The van der Waals surface area contributed by atoms with Crippen molar-refractivity contribution in [2.45, 2.75) is 27.7 Å². The first-order valence-electron chi connectivity index (χ1n) is 5.54. The Morgan fingerprint density at radius 1 is 1.31 bits per heavy atom. The Morgan fingerprint density at radius 2 is 2.06 bits per heavy atom. The summed E-state index contributed by atoms with van der Waals surface area (Å²) >= 11 is 0. The molecular weight excluding hydrogens is 198 g/mol. The summed E-state index contributed by atoms with van der Waals surface area (Å²) in [5.41, 5.74) is 3.30. The molecule has 0 aliphatic heterocycles. The summed E-state index contributed by atoms with van der Waals surface area (Å²) in [6.07, 6.45) is 1.88. The molecule has 2 nitrogen and oxygen atoms in total. The number of aliphatic imine (C=N–C) groups is 1. The molecule has 0 N–H and O–H groups in total. The molecule has 0 aliphatic rings. The Kier molecular flexibility index (Phi) is 4.77. The van der Waals surface area contributed by atoms with Crippen LogP contribution in [0.3, 0.4) is 0 Å². The van der Waals surface area contributed by atoms with Gasteiger partial charge in [0.15, 0.2) is 0 Å². The second-order valence-corrected chi connectivity index (χ2v) is 3.88. The number of hydrogen-bond donors (Lipinski definition) is 0. The zero-order chi connectivity index (χ0) is 12.0. The van der Waals surface area contributed by atoms with E-state index in [0.717, 1.165) is 17.0 Å². The molecular formula is C14H19NO. The first kappa shape index (κ1) is 12.5. The highest BCUT2D eigenvalue weighted by Crippen LogP contribution is 2.14. The molecule has 0 unspecified atom stereocenters. The Hall–Kier alpha value is -1.57. The first-order valence-corrected chi connectivity index (χ1v) is 5.54. The van der Waals surface area contributed by atoms with Gasteiger partial charge in [-0.15, -0.1) is 0 Å². The number of allylic oxidation sites excluding steroid dienone is 1. The van der Waals surface area contributed by atoms with Crippen molar-refractivity contribution in [3.05, 3.63) is 41.6 Å². The number of hydrogen-bond acceptors (Lipinski definition) is 2. The molecule has 2 heteroatoms. The van der Waals surface area contributed by atoms with Gasteiger partial charge in [-0.1, -0.05) is 17.7 Å². The van der Waals surface area contributed by atoms with E-state index in [-0.39, 0.29) is 0 Å². The van der Waals surface area contributed by atoms with Crippen LogP contribution in [0.4, 0.5) is 0 Å². The quantitative estimate of drug-likeness (QED) is 0.703. The Labute approximate surface area is 97.7 Å². The summed E-state index contributed by atoms with van der Waals surface area (Å²) in [5, 5.41) is 0. The molecule has 0 aliphatic carbocycles. The summed E-state index contributed by atoms with van der Waals surface area (Å²) in [5.74, 6) is 0.895. The largest absolute Gasteiger partial charge is 0.494 e. The summed E-state index contributed by atoms with van der Waals surface area (Å²) < 4.78 is 5.45. The van der Waals surface area contributed by atoms with Crippen molar-refractivity contribution < 1.29 is 4.74 Å². The molecule has 0 bridgehead atoms. The van der Waals surface area contributed by atoms with Crippen LogP contribution in [0, 0.1) is 0 Å². The molecule has 0 radical (unpaired) electrons. The van der Waals surface area contributed by atoms with Gasteiger partial charge in [-0.3, -0.25) is 4.99 Å². The highest BCUT2D eigenvalue weighted by Gasteiger charge is 1.98. The molecule has 0 heterocycles. The topological polar surface area (TPSA) is 21.6 Å². The van der Waals surface area contributed by atoms with Crippen LogP contribution in [-0.2, 0) is 0 Å². The van der Waals surface area contributed by atoms with Gasteiger partial charge in [-0.05, 0) is 45.4 Å². The molecule has 1 rings (SSSR count). The number of ether oxygens (including phenoxy) is 1. The lowest BCUT2D eigenvalue weighted by Gasteiger charge is -2.05. The molecule has 16 heavy (non-hydrogen) atoms. The van der Waals surface area contributed by atoms with Crippen LogP contribution in [0.2, 0.25) is 0 Å². The van der Waals surface area contributed by atoms with Crippen LogP contribution in [0.25, 0.3) is 0 Å². The van der Waals surface area contributed by atoms with Crippen molar-refractivity contribution in [2.75, 3.05) is 6.61 Å². The second kappa shape index (κ2) is 6.11. The van der Waals surface area contributed by atoms with Gasteiger partial charge in [0.05, 0.1) is 6.61 Å². The molecule has 0 spiro atoms. The molecule has 1 aromatic rings.